The molecule has 2 aromatic rings. The Hall–Kier alpha value is -3.04. The summed E-state index contributed by atoms with van der Waals surface area (Å²) in [4.78, 5) is 10.3. The maximum absolute atomic E-state index is 10.8. The number of nitrogens with one attached hydrogen (secondary N) is 2. The van der Waals surface area contributed by atoms with Gasteiger partial charge in [-0.05, 0) is 17.3 Å². The number of nitro benzene ring substituents is 1. The highest BCUT2D eigenvalue weighted by atomic mass is 16.6. The van der Waals surface area contributed by atoms with Gasteiger partial charge >= 0.3 is 5.69 Å². The van der Waals surface area contributed by atoms with E-state index in [1.165, 1.54) is 25.5 Å². The van der Waals surface area contributed by atoms with E-state index in [1.54, 1.807) is 6.07 Å². The van der Waals surface area contributed by atoms with E-state index in [-0.39, 0.29) is 17.4 Å². The monoisotopic (exact) mass is 263 g/mol. The van der Waals surface area contributed by atoms with Crippen molar-refractivity contribution in [1.29, 1.82) is 0 Å². The highest BCUT2D eigenvalue weighted by molar-refractivity contribution is 5.81. The second-order valence-electron chi connectivity index (χ2n) is 3.29. The van der Waals surface area contributed by atoms with Crippen molar-refractivity contribution in [2.45, 2.75) is 0 Å². The summed E-state index contributed by atoms with van der Waals surface area (Å²) in [5.41, 5.74) is 2.90. The summed E-state index contributed by atoms with van der Waals surface area (Å²) >= 11 is 0. The van der Waals surface area contributed by atoms with Crippen LogP contribution in [0.3, 0.4) is 0 Å². The van der Waals surface area contributed by atoms with Crippen LogP contribution in [0.4, 0.5) is 11.6 Å². The zero-order valence-corrected chi connectivity index (χ0v) is 9.77. The maximum Gasteiger partial charge on any atom is 0.311 e. The van der Waals surface area contributed by atoms with E-state index in [2.05, 4.69) is 31.2 Å². The summed E-state index contributed by atoms with van der Waals surface area (Å²) in [5, 5.41) is 27.5. The number of hydrazone groups is 1. The number of nitrogens with zero attached hydrogens (tertiary/aromatic N) is 5. The molecular weight excluding hydrogens is 254 g/mol. The van der Waals surface area contributed by atoms with E-state index in [9.17, 15) is 10.1 Å². The molecule has 1 aromatic carbocycles. The van der Waals surface area contributed by atoms with Crippen LogP contribution < -0.4 is 10.2 Å². The SMILES string of the molecule is COc1ccc(/C=N\Nc2nn[nH]n2)cc1[N+](=O)[O-]. The Morgan fingerprint density at radius 1 is 1.58 bits per heavy atom. The molecule has 1 aromatic heterocycles. The van der Waals surface area contributed by atoms with E-state index in [0.29, 0.717) is 5.56 Å². The fraction of sp³-hybridized carbons (Fsp3) is 0.111. The molecule has 0 saturated heterocycles. The fourth-order valence-electron chi connectivity index (χ4n) is 1.30. The van der Waals surface area contributed by atoms with Gasteiger partial charge in [0.25, 0.3) is 5.95 Å². The number of anilines is 1. The summed E-state index contributed by atoms with van der Waals surface area (Å²) in [6, 6.07) is 4.47. The summed E-state index contributed by atoms with van der Waals surface area (Å²) in [6.45, 7) is 0. The van der Waals surface area contributed by atoms with E-state index in [1.807, 2.05) is 0 Å². The Balaban J connectivity index is 2.14. The van der Waals surface area contributed by atoms with E-state index in [4.69, 9.17) is 4.74 Å². The van der Waals surface area contributed by atoms with Crippen LogP contribution in [0.2, 0.25) is 0 Å². The third-order valence-electron chi connectivity index (χ3n) is 2.12. The van der Waals surface area contributed by atoms with Gasteiger partial charge in [-0.1, -0.05) is 5.10 Å². The van der Waals surface area contributed by atoms with Gasteiger partial charge < -0.3 is 4.74 Å². The third-order valence-corrected chi connectivity index (χ3v) is 2.12. The number of nitro groups is 1. The number of ether oxygens (including phenoxy) is 1. The van der Waals surface area contributed by atoms with Crippen molar-refractivity contribution in [2.24, 2.45) is 5.10 Å². The molecule has 0 radical (unpaired) electrons. The smallest absolute Gasteiger partial charge is 0.311 e. The minimum atomic E-state index is -0.525. The second kappa shape index (κ2) is 5.53. The zero-order valence-electron chi connectivity index (χ0n) is 9.77. The molecule has 98 valence electrons. The first-order valence-electron chi connectivity index (χ1n) is 5.05. The summed E-state index contributed by atoms with van der Waals surface area (Å²) in [5.74, 6) is 0.382. The van der Waals surface area contributed by atoms with Crippen molar-refractivity contribution in [3.8, 4) is 5.75 Å². The van der Waals surface area contributed by atoms with Gasteiger partial charge in [-0.15, -0.1) is 5.10 Å². The average Bonchev–Trinajstić information content (AvgIpc) is 2.91. The van der Waals surface area contributed by atoms with Gasteiger partial charge in [-0.25, -0.2) is 5.43 Å². The predicted molar refractivity (Wildman–Crippen MR) is 65.0 cm³/mol. The molecule has 0 saturated carbocycles. The van der Waals surface area contributed by atoms with Gasteiger partial charge in [0.1, 0.15) is 0 Å². The zero-order chi connectivity index (χ0) is 13.7. The predicted octanol–water partition coefficient (Wildman–Crippen LogP) is 0.562. The van der Waals surface area contributed by atoms with Gasteiger partial charge in [0.2, 0.25) is 0 Å². The number of aromatic nitrogens is 4. The van der Waals surface area contributed by atoms with Crippen molar-refractivity contribution in [3.05, 3.63) is 33.9 Å². The molecule has 0 unspecified atom stereocenters. The number of hydrogen-bond donors (Lipinski definition) is 2. The highest BCUT2D eigenvalue weighted by Gasteiger charge is 2.14. The van der Waals surface area contributed by atoms with Crippen LogP contribution in [-0.4, -0.2) is 38.9 Å². The van der Waals surface area contributed by atoms with Crippen molar-refractivity contribution in [2.75, 3.05) is 12.5 Å². The number of rotatable bonds is 5. The molecule has 0 aliphatic carbocycles. The van der Waals surface area contributed by atoms with Crippen LogP contribution in [0.25, 0.3) is 0 Å². The molecule has 0 atom stereocenters. The average molecular weight is 263 g/mol. The summed E-state index contributed by atoms with van der Waals surface area (Å²) in [7, 11) is 1.37. The fourth-order valence-corrected chi connectivity index (χ4v) is 1.30. The van der Waals surface area contributed by atoms with E-state index in [0.717, 1.165) is 0 Å². The molecule has 0 fully saturated rings. The Kier molecular flexibility index (Phi) is 3.61. The van der Waals surface area contributed by atoms with Crippen LogP contribution in [0.1, 0.15) is 5.56 Å². The molecular formula is C9H9N7O3. The summed E-state index contributed by atoms with van der Waals surface area (Å²) < 4.78 is 4.89. The minimum Gasteiger partial charge on any atom is -0.490 e. The van der Waals surface area contributed by atoms with Gasteiger partial charge in [0.15, 0.2) is 5.75 Å². The molecule has 10 nitrogen and oxygen atoms in total. The van der Waals surface area contributed by atoms with Gasteiger partial charge in [-0.3, -0.25) is 10.1 Å². The molecule has 0 aliphatic heterocycles. The maximum atomic E-state index is 10.8. The van der Waals surface area contributed by atoms with Gasteiger partial charge in [0.05, 0.1) is 18.2 Å². The van der Waals surface area contributed by atoms with Gasteiger partial charge in [-0.2, -0.15) is 10.3 Å². The van der Waals surface area contributed by atoms with Crippen molar-refractivity contribution in [3.63, 3.8) is 0 Å². The quantitative estimate of drug-likeness (QED) is 0.457. The normalized spacial score (nSPS) is 10.6. The van der Waals surface area contributed by atoms with E-state index >= 15 is 0 Å². The standard InChI is InChI=1S/C9H9N7O3/c1-19-8-3-2-6(4-7(8)16(17)18)5-10-11-9-12-14-15-13-9/h2-5H,1H3,(H2,11,12,13,14,15)/b10-5-. The lowest BCUT2D eigenvalue weighted by Gasteiger charge is -2.01. The lowest BCUT2D eigenvalue weighted by molar-refractivity contribution is -0.385. The molecule has 0 amide bonds. The van der Waals surface area contributed by atoms with Crippen LogP contribution in [0.5, 0.6) is 5.75 Å². The van der Waals surface area contributed by atoms with Crippen LogP contribution in [0, 0.1) is 10.1 Å². The Morgan fingerprint density at radius 3 is 3.05 bits per heavy atom. The highest BCUT2D eigenvalue weighted by Crippen LogP contribution is 2.26. The molecule has 1 heterocycles. The Labute approximate surface area is 106 Å². The summed E-state index contributed by atoms with van der Waals surface area (Å²) in [6.07, 6.45) is 1.39. The Morgan fingerprint density at radius 2 is 2.42 bits per heavy atom. The van der Waals surface area contributed by atoms with E-state index < -0.39 is 4.92 Å². The molecule has 0 aliphatic rings. The number of hydrogen-bond acceptors (Lipinski definition) is 8. The van der Waals surface area contributed by atoms with Crippen LogP contribution >= 0.6 is 0 Å². The third kappa shape index (κ3) is 3.00. The molecule has 0 bridgehead atoms. The number of methoxy groups -OCH3 is 1. The number of aromatic amines is 1. The van der Waals surface area contributed by atoms with Crippen LogP contribution in [0.15, 0.2) is 23.3 Å². The lowest BCUT2D eigenvalue weighted by Crippen LogP contribution is -1.96. The van der Waals surface area contributed by atoms with Crippen molar-refractivity contribution < 1.29 is 9.66 Å². The first-order chi connectivity index (χ1) is 9.20. The Bertz CT molecular complexity index is 596. The first-order valence-corrected chi connectivity index (χ1v) is 5.05. The lowest BCUT2D eigenvalue weighted by atomic mass is 10.2. The molecule has 2 rings (SSSR count). The number of tetrazole rings is 1. The number of benzene rings is 1. The largest absolute Gasteiger partial charge is 0.490 e. The van der Waals surface area contributed by atoms with Crippen molar-refractivity contribution in [1.82, 2.24) is 20.6 Å². The molecule has 10 heteroatoms. The van der Waals surface area contributed by atoms with Crippen LogP contribution in [-0.2, 0) is 0 Å². The molecule has 0 spiro atoms. The first kappa shape index (κ1) is 12.4. The molecule has 2 N–H and O–H groups in total. The van der Waals surface area contributed by atoms with Gasteiger partial charge in [0, 0.05) is 11.6 Å². The number of H-pyrrole nitrogens is 1. The second-order valence-corrected chi connectivity index (χ2v) is 3.29. The molecule has 19 heavy (non-hydrogen) atoms. The minimum absolute atomic E-state index is 0.133. The topological polar surface area (TPSA) is 131 Å². The van der Waals surface area contributed by atoms with Crippen molar-refractivity contribution >= 4 is 17.9 Å².